The number of aromatic nitrogens is 1. The Balaban J connectivity index is 1.91. The van der Waals surface area contributed by atoms with E-state index in [1.165, 1.54) is 12.0 Å². The lowest BCUT2D eigenvalue weighted by atomic mass is 9.79. The van der Waals surface area contributed by atoms with Crippen LogP contribution in [0.3, 0.4) is 0 Å². The summed E-state index contributed by atoms with van der Waals surface area (Å²) < 4.78 is 0. The first-order valence-electron chi connectivity index (χ1n) is 5.49. The minimum atomic E-state index is 0.376. The standard InChI is InChI=1S/C12H12Cl2N2/c13-10-3-9(6-16-12(10)14)7-1-2-8-5-15-11(8)4-7/h3-4,6,8,11,15H,1-2,5H2/t8-,11-/m1/s1. The molecule has 1 aromatic rings. The molecule has 1 N–H and O–H groups in total. The summed E-state index contributed by atoms with van der Waals surface area (Å²) in [6.45, 7) is 1.16. The maximum Gasteiger partial charge on any atom is 0.147 e. The number of halogens is 2. The zero-order valence-corrected chi connectivity index (χ0v) is 10.2. The number of nitrogens with zero attached hydrogens (tertiary/aromatic N) is 1. The second-order valence-corrected chi connectivity index (χ2v) is 5.19. The Labute approximate surface area is 105 Å². The van der Waals surface area contributed by atoms with Gasteiger partial charge in [0.15, 0.2) is 0 Å². The van der Waals surface area contributed by atoms with Gasteiger partial charge in [-0.1, -0.05) is 29.3 Å². The van der Waals surface area contributed by atoms with E-state index in [0.717, 1.165) is 24.4 Å². The SMILES string of the molecule is Clc1cc(C2=C[C@H]3NC[C@H]3CC2)cnc1Cl. The third-order valence-electron chi connectivity index (χ3n) is 3.46. The molecule has 2 nitrogen and oxygen atoms in total. The Morgan fingerprint density at radius 1 is 1.38 bits per heavy atom. The molecule has 0 radical (unpaired) electrons. The average Bonchev–Trinajstić information content (AvgIpc) is 2.24. The molecule has 0 unspecified atom stereocenters. The average molecular weight is 255 g/mol. The van der Waals surface area contributed by atoms with Gasteiger partial charge in [-0.15, -0.1) is 0 Å². The minimum Gasteiger partial charge on any atom is -0.310 e. The molecule has 4 heteroatoms. The van der Waals surface area contributed by atoms with E-state index in [9.17, 15) is 0 Å². The summed E-state index contributed by atoms with van der Waals surface area (Å²) in [4.78, 5) is 4.09. The lowest BCUT2D eigenvalue weighted by Crippen LogP contribution is -2.52. The molecule has 1 aliphatic carbocycles. The molecule has 2 atom stereocenters. The number of pyridine rings is 1. The van der Waals surface area contributed by atoms with Crippen molar-refractivity contribution in [3.8, 4) is 0 Å². The van der Waals surface area contributed by atoms with Gasteiger partial charge in [0.1, 0.15) is 5.15 Å². The van der Waals surface area contributed by atoms with Crippen molar-refractivity contribution < 1.29 is 0 Å². The van der Waals surface area contributed by atoms with E-state index >= 15 is 0 Å². The fourth-order valence-electron chi connectivity index (χ4n) is 2.38. The highest BCUT2D eigenvalue weighted by atomic mass is 35.5. The summed E-state index contributed by atoms with van der Waals surface area (Å²) >= 11 is 11.8. The summed E-state index contributed by atoms with van der Waals surface area (Å²) in [6.07, 6.45) is 6.48. The number of nitrogens with one attached hydrogen (secondary N) is 1. The molecule has 0 aromatic carbocycles. The first-order valence-corrected chi connectivity index (χ1v) is 6.25. The number of fused-ring (bicyclic) bond motifs is 1. The lowest BCUT2D eigenvalue weighted by Gasteiger charge is -2.40. The highest BCUT2D eigenvalue weighted by molar-refractivity contribution is 6.41. The van der Waals surface area contributed by atoms with Crippen LogP contribution in [0.2, 0.25) is 10.2 Å². The van der Waals surface area contributed by atoms with Gasteiger partial charge in [0.25, 0.3) is 0 Å². The van der Waals surface area contributed by atoms with Gasteiger partial charge in [-0.25, -0.2) is 4.98 Å². The van der Waals surface area contributed by atoms with E-state index in [-0.39, 0.29) is 0 Å². The zero-order valence-electron chi connectivity index (χ0n) is 8.71. The van der Waals surface area contributed by atoms with Crippen molar-refractivity contribution in [2.75, 3.05) is 6.54 Å². The summed E-state index contributed by atoms with van der Waals surface area (Å²) in [5.41, 5.74) is 2.43. The van der Waals surface area contributed by atoms with E-state index in [2.05, 4.69) is 16.4 Å². The van der Waals surface area contributed by atoms with E-state index in [0.29, 0.717) is 16.2 Å². The van der Waals surface area contributed by atoms with Gasteiger partial charge in [-0.2, -0.15) is 0 Å². The van der Waals surface area contributed by atoms with Crippen LogP contribution in [-0.4, -0.2) is 17.6 Å². The van der Waals surface area contributed by atoms with Crippen molar-refractivity contribution >= 4 is 28.8 Å². The largest absolute Gasteiger partial charge is 0.310 e. The van der Waals surface area contributed by atoms with Crippen LogP contribution in [0.15, 0.2) is 18.3 Å². The summed E-state index contributed by atoms with van der Waals surface area (Å²) in [5.74, 6) is 0.833. The van der Waals surface area contributed by atoms with Crippen molar-refractivity contribution in [1.29, 1.82) is 0 Å². The smallest absolute Gasteiger partial charge is 0.147 e. The highest BCUT2D eigenvalue weighted by Gasteiger charge is 2.31. The van der Waals surface area contributed by atoms with Gasteiger partial charge < -0.3 is 5.32 Å². The van der Waals surface area contributed by atoms with Gasteiger partial charge in [0.05, 0.1) is 5.02 Å². The van der Waals surface area contributed by atoms with Crippen molar-refractivity contribution in [3.63, 3.8) is 0 Å². The second kappa shape index (κ2) is 4.02. The Morgan fingerprint density at radius 3 is 2.88 bits per heavy atom. The normalized spacial score (nSPS) is 28.0. The Kier molecular flexibility index (Phi) is 2.66. The van der Waals surface area contributed by atoms with E-state index in [1.807, 2.05) is 6.07 Å². The number of allylic oxidation sites excluding steroid dienone is 1. The van der Waals surface area contributed by atoms with Crippen LogP contribution in [0.4, 0.5) is 0 Å². The van der Waals surface area contributed by atoms with Crippen LogP contribution in [0.5, 0.6) is 0 Å². The van der Waals surface area contributed by atoms with E-state index in [1.54, 1.807) is 6.20 Å². The van der Waals surface area contributed by atoms with Gasteiger partial charge in [-0.05, 0) is 36.0 Å². The molecule has 16 heavy (non-hydrogen) atoms. The molecular weight excluding hydrogens is 243 g/mol. The second-order valence-electron chi connectivity index (χ2n) is 4.42. The van der Waals surface area contributed by atoms with Gasteiger partial charge in [0.2, 0.25) is 0 Å². The Bertz CT molecular complexity index is 456. The quantitative estimate of drug-likeness (QED) is 0.780. The van der Waals surface area contributed by atoms with Crippen LogP contribution in [0.1, 0.15) is 18.4 Å². The summed E-state index contributed by atoms with van der Waals surface area (Å²) in [7, 11) is 0. The van der Waals surface area contributed by atoms with Crippen molar-refractivity contribution in [3.05, 3.63) is 34.1 Å². The molecule has 0 amide bonds. The van der Waals surface area contributed by atoms with Crippen molar-refractivity contribution in [2.45, 2.75) is 18.9 Å². The lowest BCUT2D eigenvalue weighted by molar-refractivity contribution is 0.256. The van der Waals surface area contributed by atoms with Gasteiger partial charge in [0, 0.05) is 18.8 Å². The number of rotatable bonds is 1. The summed E-state index contributed by atoms with van der Waals surface area (Å²) in [6, 6.07) is 2.46. The van der Waals surface area contributed by atoms with Crippen LogP contribution in [-0.2, 0) is 0 Å². The monoisotopic (exact) mass is 254 g/mol. The molecule has 3 rings (SSSR count). The zero-order chi connectivity index (χ0) is 11.1. The summed E-state index contributed by atoms with van der Waals surface area (Å²) in [5, 5.41) is 4.32. The maximum atomic E-state index is 5.97. The highest BCUT2D eigenvalue weighted by Crippen LogP contribution is 2.35. The Hall–Kier alpha value is -0.570. The molecule has 1 aliphatic heterocycles. The molecule has 1 aromatic heterocycles. The molecule has 0 spiro atoms. The van der Waals surface area contributed by atoms with Crippen molar-refractivity contribution in [1.82, 2.24) is 10.3 Å². The Morgan fingerprint density at radius 2 is 2.25 bits per heavy atom. The molecule has 1 fully saturated rings. The van der Waals surface area contributed by atoms with Gasteiger partial charge >= 0.3 is 0 Å². The van der Waals surface area contributed by atoms with Crippen LogP contribution >= 0.6 is 23.2 Å². The van der Waals surface area contributed by atoms with Crippen LogP contribution in [0, 0.1) is 5.92 Å². The number of hydrogen-bond acceptors (Lipinski definition) is 2. The molecular formula is C12H12Cl2N2. The third-order valence-corrected chi connectivity index (χ3v) is 4.14. The third kappa shape index (κ3) is 1.75. The van der Waals surface area contributed by atoms with Crippen LogP contribution in [0.25, 0.3) is 5.57 Å². The molecule has 1 saturated heterocycles. The van der Waals surface area contributed by atoms with Crippen molar-refractivity contribution in [2.24, 2.45) is 5.92 Å². The molecule has 2 aliphatic rings. The predicted molar refractivity (Wildman–Crippen MR) is 66.7 cm³/mol. The minimum absolute atomic E-state index is 0.376. The molecule has 0 saturated carbocycles. The first kappa shape index (κ1) is 10.6. The predicted octanol–water partition coefficient (Wildman–Crippen LogP) is 3.15. The molecule has 0 bridgehead atoms. The molecule has 2 heterocycles. The van der Waals surface area contributed by atoms with Gasteiger partial charge in [-0.3, -0.25) is 0 Å². The first-order chi connectivity index (χ1) is 7.74. The van der Waals surface area contributed by atoms with E-state index < -0.39 is 0 Å². The van der Waals surface area contributed by atoms with E-state index in [4.69, 9.17) is 23.2 Å². The fourth-order valence-corrected chi connectivity index (χ4v) is 2.65. The topological polar surface area (TPSA) is 24.9 Å². The fraction of sp³-hybridized carbons (Fsp3) is 0.417. The molecule has 84 valence electrons. The van der Waals surface area contributed by atoms with Crippen LogP contribution < -0.4 is 5.32 Å². The maximum absolute atomic E-state index is 5.97. The number of hydrogen-bond donors (Lipinski definition) is 1.